The monoisotopic (exact) mass is 481 g/mol. The van der Waals surface area contributed by atoms with Gasteiger partial charge in [-0.3, -0.25) is 0 Å². The highest BCUT2D eigenvalue weighted by Crippen LogP contribution is 2.25. The van der Waals surface area contributed by atoms with E-state index in [2.05, 4.69) is 10.3 Å². The van der Waals surface area contributed by atoms with Gasteiger partial charge in [0.15, 0.2) is 5.17 Å². The van der Waals surface area contributed by atoms with Gasteiger partial charge in [-0.25, -0.2) is 9.79 Å². The summed E-state index contributed by atoms with van der Waals surface area (Å²) in [6.07, 6.45) is -0.472. The van der Waals surface area contributed by atoms with Gasteiger partial charge in [0, 0.05) is 12.1 Å². The van der Waals surface area contributed by atoms with Crippen molar-refractivity contribution in [3.8, 4) is 5.75 Å². The highest BCUT2D eigenvalue weighted by atomic mass is 127. The zero-order valence-electron chi connectivity index (χ0n) is 15.4. The first-order chi connectivity index (χ1) is 11.2. The molecule has 0 fully saturated rings. The molecule has 0 saturated heterocycles. The molecule has 0 aliphatic heterocycles. The summed E-state index contributed by atoms with van der Waals surface area (Å²) in [5.74, 6) is 1.56. The first-order valence-corrected chi connectivity index (χ1v) is 8.93. The number of nitrogens with two attached hydrogens (primary N) is 1. The highest BCUT2D eigenvalue weighted by molar-refractivity contribution is 14.0. The van der Waals surface area contributed by atoms with Crippen LogP contribution in [-0.2, 0) is 11.3 Å². The van der Waals surface area contributed by atoms with Crippen LogP contribution in [0.15, 0.2) is 23.2 Å². The second-order valence-electron chi connectivity index (χ2n) is 5.96. The van der Waals surface area contributed by atoms with Crippen molar-refractivity contribution in [1.82, 2.24) is 5.32 Å². The first kappa shape index (κ1) is 23.8. The number of amidine groups is 1. The van der Waals surface area contributed by atoms with Gasteiger partial charge in [-0.15, -0.1) is 24.0 Å². The Balaban J connectivity index is 0.00000576. The summed E-state index contributed by atoms with van der Waals surface area (Å²) in [5, 5.41) is 3.24. The molecule has 0 bridgehead atoms. The maximum Gasteiger partial charge on any atom is 0.407 e. The number of thioether (sulfide) groups is 1. The third-order valence-electron chi connectivity index (χ3n) is 2.70. The summed E-state index contributed by atoms with van der Waals surface area (Å²) in [4.78, 5) is 16.2. The van der Waals surface area contributed by atoms with E-state index in [4.69, 9.17) is 15.2 Å². The molecule has 25 heavy (non-hydrogen) atoms. The number of alkyl carbamates (subject to hydrolysis) is 1. The molecule has 0 atom stereocenters. The van der Waals surface area contributed by atoms with Crippen LogP contribution in [0.25, 0.3) is 0 Å². The van der Waals surface area contributed by atoms with Crippen LogP contribution < -0.4 is 15.8 Å². The number of halogens is 1. The average Bonchev–Trinajstić information content (AvgIpc) is 2.46. The lowest BCUT2D eigenvalue weighted by Gasteiger charge is -2.20. The van der Waals surface area contributed by atoms with Crippen molar-refractivity contribution >= 4 is 52.7 Å². The Bertz CT molecular complexity index is 589. The van der Waals surface area contributed by atoms with Gasteiger partial charge in [0.2, 0.25) is 0 Å². The van der Waals surface area contributed by atoms with Gasteiger partial charge < -0.3 is 20.5 Å². The van der Waals surface area contributed by atoms with E-state index in [1.54, 1.807) is 0 Å². The maximum atomic E-state index is 11.8. The molecule has 0 saturated carbocycles. The van der Waals surface area contributed by atoms with E-state index in [1.165, 1.54) is 11.8 Å². The maximum absolute atomic E-state index is 11.8. The van der Waals surface area contributed by atoms with Gasteiger partial charge in [0.25, 0.3) is 0 Å². The van der Waals surface area contributed by atoms with Crippen LogP contribution in [0, 0.1) is 0 Å². The normalized spacial score (nSPS) is 11.5. The van der Waals surface area contributed by atoms with E-state index in [1.807, 2.05) is 52.8 Å². The number of aliphatic imine (C=N–C) groups is 1. The number of hydrogen-bond donors (Lipinski definition) is 2. The first-order valence-electron chi connectivity index (χ1n) is 7.94. The lowest BCUT2D eigenvalue weighted by atomic mass is 10.1. The van der Waals surface area contributed by atoms with Crippen LogP contribution in [-0.4, -0.2) is 29.2 Å². The van der Waals surface area contributed by atoms with E-state index < -0.39 is 11.7 Å². The molecule has 0 heterocycles. The molecule has 1 aromatic carbocycles. The SMILES string of the molecule is CCOc1ccc(N=C(N)SCC)cc1CNC(=O)OC(C)(C)C.I. The summed E-state index contributed by atoms with van der Waals surface area (Å²) >= 11 is 1.48. The van der Waals surface area contributed by atoms with Crippen molar-refractivity contribution in [2.45, 2.75) is 46.8 Å². The predicted octanol–water partition coefficient (Wildman–Crippen LogP) is 4.43. The highest BCUT2D eigenvalue weighted by Gasteiger charge is 2.16. The number of nitrogens with zero attached hydrogens (tertiary/aromatic N) is 1. The van der Waals surface area contributed by atoms with Gasteiger partial charge in [0.05, 0.1) is 12.3 Å². The van der Waals surface area contributed by atoms with Gasteiger partial charge >= 0.3 is 6.09 Å². The number of carbonyl (C=O) groups is 1. The standard InChI is InChI=1S/C17H27N3O3S.HI/c1-6-22-14-9-8-13(20-15(18)24-7-2)10-12(14)11-19-16(21)23-17(3,4)5;/h8-10H,6-7,11H2,1-5H3,(H2,18,20)(H,19,21);1H. The van der Waals surface area contributed by atoms with E-state index >= 15 is 0 Å². The Hall–Kier alpha value is -1.16. The van der Waals surface area contributed by atoms with Gasteiger partial charge in [0.1, 0.15) is 11.4 Å². The minimum atomic E-state index is -0.537. The Morgan fingerprint density at radius 1 is 1.32 bits per heavy atom. The molecule has 0 aliphatic rings. The van der Waals surface area contributed by atoms with E-state index in [0.29, 0.717) is 17.5 Å². The van der Waals surface area contributed by atoms with Crippen LogP contribution in [0.3, 0.4) is 0 Å². The molecule has 3 N–H and O–H groups in total. The molecule has 8 heteroatoms. The third-order valence-corrected chi connectivity index (χ3v) is 3.37. The number of amides is 1. The lowest BCUT2D eigenvalue weighted by Crippen LogP contribution is -2.32. The van der Waals surface area contributed by atoms with Crippen molar-refractivity contribution in [3.05, 3.63) is 23.8 Å². The summed E-state index contributed by atoms with van der Waals surface area (Å²) in [6, 6.07) is 5.52. The molecule has 1 rings (SSSR count). The van der Waals surface area contributed by atoms with Gasteiger partial charge in [-0.05, 0) is 51.6 Å². The molecular weight excluding hydrogens is 453 g/mol. The summed E-state index contributed by atoms with van der Waals surface area (Å²) in [5.41, 5.74) is 6.85. The Morgan fingerprint density at radius 3 is 2.56 bits per heavy atom. The molecule has 0 aromatic heterocycles. The fourth-order valence-electron chi connectivity index (χ4n) is 1.86. The molecule has 0 radical (unpaired) electrons. The van der Waals surface area contributed by atoms with Crippen LogP contribution in [0.4, 0.5) is 10.5 Å². The topological polar surface area (TPSA) is 85.9 Å². The second-order valence-corrected chi connectivity index (χ2v) is 7.25. The summed E-state index contributed by atoms with van der Waals surface area (Å²) in [7, 11) is 0. The Morgan fingerprint density at radius 2 is 2.00 bits per heavy atom. The quantitative estimate of drug-likeness (QED) is 0.357. The predicted molar refractivity (Wildman–Crippen MR) is 116 cm³/mol. The number of ether oxygens (including phenoxy) is 2. The minimum Gasteiger partial charge on any atom is -0.494 e. The zero-order valence-corrected chi connectivity index (χ0v) is 18.6. The van der Waals surface area contributed by atoms with Crippen molar-refractivity contribution in [3.63, 3.8) is 0 Å². The number of benzene rings is 1. The van der Waals surface area contributed by atoms with E-state index in [9.17, 15) is 4.79 Å². The smallest absolute Gasteiger partial charge is 0.407 e. The molecule has 1 aromatic rings. The van der Waals surface area contributed by atoms with Crippen LogP contribution >= 0.6 is 35.7 Å². The minimum absolute atomic E-state index is 0. The molecule has 1 amide bonds. The number of carbonyl (C=O) groups excluding carboxylic acids is 1. The molecule has 6 nitrogen and oxygen atoms in total. The fraction of sp³-hybridized carbons (Fsp3) is 0.529. The van der Waals surface area contributed by atoms with Crippen molar-refractivity contribution < 1.29 is 14.3 Å². The summed E-state index contributed by atoms with van der Waals surface area (Å²) in [6.45, 7) is 10.2. The van der Waals surface area contributed by atoms with Gasteiger partial charge in [-0.2, -0.15) is 0 Å². The van der Waals surface area contributed by atoms with Crippen molar-refractivity contribution in [2.24, 2.45) is 10.7 Å². The molecule has 0 aliphatic carbocycles. The Labute approximate surface area is 171 Å². The average molecular weight is 481 g/mol. The zero-order chi connectivity index (χ0) is 18.2. The molecule has 0 spiro atoms. The number of hydrogen-bond acceptors (Lipinski definition) is 5. The fourth-order valence-corrected chi connectivity index (χ4v) is 2.32. The summed E-state index contributed by atoms with van der Waals surface area (Å²) < 4.78 is 10.8. The van der Waals surface area contributed by atoms with Crippen LogP contribution in [0.1, 0.15) is 40.2 Å². The molecular formula is C17H28IN3O3S. The van der Waals surface area contributed by atoms with Crippen molar-refractivity contribution in [1.29, 1.82) is 0 Å². The van der Waals surface area contributed by atoms with Gasteiger partial charge in [-0.1, -0.05) is 18.7 Å². The van der Waals surface area contributed by atoms with Crippen molar-refractivity contribution in [2.75, 3.05) is 12.4 Å². The van der Waals surface area contributed by atoms with E-state index in [-0.39, 0.29) is 30.5 Å². The van der Waals surface area contributed by atoms with Crippen LogP contribution in [0.2, 0.25) is 0 Å². The van der Waals surface area contributed by atoms with Crippen LogP contribution in [0.5, 0.6) is 5.75 Å². The lowest BCUT2D eigenvalue weighted by molar-refractivity contribution is 0.0523. The third kappa shape index (κ3) is 9.78. The Kier molecular flexibility index (Phi) is 10.9. The molecule has 0 unspecified atom stereocenters. The van der Waals surface area contributed by atoms with E-state index in [0.717, 1.165) is 17.0 Å². The number of nitrogens with one attached hydrogen (secondary N) is 1. The molecule has 142 valence electrons. The largest absolute Gasteiger partial charge is 0.494 e. The second kappa shape index (κ2) is 11.5. The number of rotatable bonds is 6.